The molecular weight excluding hydrogens is 220 g/mol. The number of carbonyl (C=O) groups is 2. The van der Waals surface area contributed by atoms with Crippen LogP contribution >= 0.6 is 0 Å². The fraction of sp³-hybridized carbons (Fsp3) is 0.750. The SMILES string of the molecule is CC(C)(C)OC(=O)N1CCCC(C#N)C(=O)C1. The molecule has 5 nitrogen and oxygen atoms in total. The molecule has 1 fully saturated rings. The number of ether oxygens (including phenoxy) is 1. The van der Waals surface area contributed by atoms with Gasteiger partial charge in [-0.25, -0.2) is 4.79 Å². The van der Waals surface area contributed by atoms with E-state index in [0.29, 0.717) is 19.4 Å². The van der Waals surface area contributed by atoms with Gasteiger partial charge >= 0.3 is 6.09 Å². The molecule has 1 heterocycles. The van der Waals surface area contributed by atoms with E-state index in [2.05, 4.69) is 0 Å². The molecule has 1 saturated heterocycles. The molecule has 5 heteroatoms. The molecule has 1 atom stereocenters. The van der Waals surface area contributed by atoms with E-state index >= 15 is 0 Å². The van der Waals surface area contributed by atoms with Gasteiger partial charge in [-0.3, -0.25) is 4.79 Å². The molecule has 17 heavy (non-hydrogen) atoms. The van der Waals surface area contributed by atoms with Crippen LogP contribution in [0.4, 0.5) is 4.79 Å². The normalized spacial score (nSPS) is 21.6. The third-order valence-corrected chi connectivity index (χ3v) is 2.46. The molecule has 1 unspecified atom stereocenters. The summed E-state index contributed by atoms with van der Waals surface area (Å²) in [5.41, 5.74) is -0.568. The maximum Gasteiger partial charge on any atom is 0.410 e. The minimum Gasteiger partial charge on any atom is -0.444 e. The van der Waals surface area contributed by atoms with Crippen LogP contribution in [0.5, 0.6) is 0 Å². The number of carbonyl (C=O) groups excluding carboxylic acids is 2. The number of Topliss-reactive ketones (excluding diaryl/α,β-unsaturated/α-hetero) is 1. The summed E-state index contributed by atoms with van der Waals surface area (Å²) in [5, 5.41) is 8.79. The second-order valence-electron chi connectivity index (χ2n) is 5.19. The van der Waals surface area contributed by atoms with Gasteiger partial charge in [-0.1, -0.05) is 0 Å². The Hall–Kier alpha value is -1.57. The minimum absolute atomic E-state index is 0.0207. The quantitative estimate of drug-likeness (QED) is 0.644. The monoisotopic (exact) mass is 238 g/mol. The first kappa shape index (κ1) is 13.5. The Morgan fingerprint density at radius 2 is 2.18 bits per heavy atom. The maximum absolute atomic E-state index is 11.8. The summed E-state index contributed by atoms with van der Waals surface area (Å²) in [7, 11) is 0. The molecule has 0 bridgehead atoms. The van der Waals surface area contributed by atoms with E-state index in [1.165, 1.54) is 4.90 Å². The number of nitriles is 1. The highest BCUT2D eigenvalue weighted by Gasteiger charge is 2.29. The van der Waals surface area contributed by atoms with E-state index in [1.54, 1.807) is 20.8 Å². The van der Waals surface area contributed by atoms with Crippen LogP contribution in [0, 0.1) is 17.2 Å². The molecule has 1 aliphatic heterocycles. The van der Waals surface area contributed by atoms with Crippen LogP contribution in [-0.2, 0) is 9.53 Å². The van der Waals surface area contributed by atoms with Crippen molar-refractivity contribution in [3.8, 4) is 6.07 Å². The summed E-state index contributed by atoms with van der Waals surface area (Å²) in [6, 6.07) is 1.97. The fourth-order valence-corrected chi connectivity index (χ4v) is 1.64. The van der Waals surface area contributed by atoms with Crippen LogP contribution in [0.2, 0.25) is 0 Å². The van der Waals surface area contributed by atoms with Gasteiger partial charge in [0.15, 0.2) is 5.78 Å². The van der Waals surface area contributed by atoms with Crippen molar-refractivity contribution in [3.05, 3.63) is 0 Å². The van der Waals surface area contributed by atoms with E-state index in [1.807, 2.05) is 6.07 Å². The minimum atomic E-state index is -0.581. The van der Waals surface area contributed by atoms with E-state index in [9.17, 15) is 9.59 Å². The van der Waals surface area contributed by atoms with E-state index in [0.717, 1.165) is 0 Å². The Labute approximate surface area is 101 Å². The Morgan fingerprint density at radius 3 is 2.71 bits per heavy atom. The van der Waals surface area contributed by atoms with Crippen LogP contribution in [0.3, 0.4) is 0 Å². The topological polar surface area (TPSA) is 70.4 Å². The van der Waals surface area contributed by atoms with Gasteiger partial charge in [0.2, 0.25) is 0 Å². The molecule has 0 radical (unpaired) electrons. The van der Waals surface area contributed by atoms with Gasteiger partial charge in [0, 0.05) is 6.54 Å². The van der Waals surface area contributed by atoms with Crippen molar-refractivity contribution in [2.24, 2.45) is 5.92 Å². The second kappa shape index (κ2) is 5.17. The van der Waals surface area contributed by atoms with Gasteiger partial charge in [-0.15, -0.1) is 0 Å². The number of amides is 1. The van der Waals surface area contributed by atoms with Crippen molar-refractivity contribution in [1.82, 2.24) is 4.90 Å². The van der Waals surface area contributed by atoms with Gasteiger partial charge in [-0.05, 0) is 33.6 Å². The average molecular weight is 238 g/mol. The molecule has 0 aromatic rings. The summed E-state index contributed by atoms with van der Waals surface area (Å²) >= 11 is 0. The predicted molar refractivity (Wildman–Crippen MR) is 61.2 cm³/mol. The van der Waals surface area contributed by atoms with Gasteiger partial charge in [0.25, 0.3) is 0 Å². The molecule has 0 saturated carbocycles. The lowest BCUT2D eigenvalue weighted by Gasteiger charge is -2.25. The van der Waals surface area contributed by atoms with Crippen molar-refractivity contribution >= 4 is 11.9 Å². The molecular formula is C12H18N2O3. The van der Waals surface area contributed by atoms with Crippen molar-refractivity contribution in [3.63, 3.8) is 0 Å². The first-order valence-corrected chi connectivity index (χ1v) is 5.74. The summed E-state index contributed by atoms with van der Waals surface area (Å²) in [4.78, 5) is 24.8. The third-order valence-electron chi connectivity index (χ3n) is 2.46. The molecule has 1 rings (SSSR count). The van der Waals surface area contributed by atoms with E-state index in [-0.39, 0.29) is 12.3 Å². The molecule has 0 N–H and O–H groups in total. The largest absolute Gasteiger partial charge is 0.444 e. The second-order valence-corrected chi connectivity index (χ2v) is 5.19. The zero-order valence-corrected chi connectivity index (χ0v) is 10.5. The number of likely N-dealkylation sites (tertiary alicyclic amines) is 1. The highest BCUT2D eigenvalue weighted by Crippen LogP contribution is 2.16. The van der Waals surface area contributed by atoms with Gasteiger partial charge in [-0.2, -0.15) is 5.26 Å². The molecule has 1 aliphatic rings. The summed E-state index contributed by atoms with van der Waals surface area (Å²) in [6.45, 7) is 5.79. The molecule has 94 valence electrons. The van der Waals surface area contributed by atoms with Crippen molar-refractivity contribution in [2.75, 3.05) is 13.1 Å². The summed E-state index contributed by atoms with van der Waals surface area (Å²) < 4.78 is 5.20. The zero-order chi connectivity index (χ0) is 13.1. The van der Waals surface area contributed by atoms with Crippen molar-refractivity contribution in [1.29, 1.82) is 5.26 Å². The molecule has 0 spiro atoms. The van der Waals surface area contributed by atoms with Gasteiger partial charge < -0.3 is 9.64 Å². The third kappa shape index (κ3) is 4.06. The van der Waals surface area contributed by atoms with E-state index in [4.69, 9.17) is 10.00 Å². The fourth-order valence-electron chi connectivity index (χ4n) is 1.64. The van der Waals surface area contributed by atoms with Crippen LogP contribution < -0.4 is 0 Å². The lowest BCUT2D eigenvalue weighted by atomic mass is 10.0. The number of nitrogens with zero attached hydrogens (tertiary/aromatic N) is 2. The molecule has 0 aliphatic carbocycles. The van der Waals surface area contributed by atoms with Crippen molar-refractivity contribution in [2.45, 2.75) is 39.2 Å². The van der Waals surface area contributed by atoms with Gasteiger partial charge in [0.05, 0.1) is 12.6 Å². The molecule has 1 amide bonds. The Morgan fingerprint density at radius 1 is 1.53 bits per heavy atom. The summed E-state index contributed by atoms with van der Waals surface area (Å²) in [6.07, 6.45) is 0.696. The highest BCUT2D eigenvalue weighted by molar-refractivity contribution is 5.88. The van der Waals surface area contributed by atoms with Crippen LogP contribution in [-0.4, -0.2) is 35.5 Å². The Bertz CT molecular complexity index is 352. The zero-order valence-electron chi connectivity index (χ0n) is 10.5. The summed E-state index contributed by atoms with van der Waals surface area (Å²) in [5.74, 6) is -0.779. The molecule has 0 aromatic heterocycles. The predicted octanol–water partition coefficient (Wildman–Crippen LogP) is 1.73. The number of hydrogen-bond donors (Lipinski definition) is 0. The highest BCUT2D eigenvalue weighted by atomic mass is 16.6. The first-order valence-electron chi connectivity index (χ1n) is 5.74. The number of rotatable bonds is 0. The number of hydrogen-bond acceptors (Lipinski definition) is 4. The van der Waals surface area contributed by atoms with E-state index < -0.39 is 17.6 Å². The lowest BCUT2D eigenvalue weighted by molar-refractivity contribution is -0.121. The average Bonchev–Trinajstić information content (AvgIpc) is 2.37. The number of ketones is 1. The molecule has 0 aromatic carbocycles. The van der Waals surface area contributed by atoms with Crippen molar-refractivity contribution < 1.29 is 14.3 Å². The van der Waals surface area contributed by atoms with Crippen LogP contribution in [0.1, 0.15) is 33.6 Å². The standard InChI is InChI=1S/C12H18N2O3/c1-12(2,3)17-11(16)14-6-4-5-9(7-13)10(15)8-14/h9H,4-6,8H2,1-3H3. The first-order chi connectivity index (χ1) is 7.83. The smallest absolute Gasteiger partial charge is 0.410 e. The lowest BCUT2D eigenvalue weighted by Crippen LogP contribution is -2.39. The Kier molecular flexibility index (Phi) is 4.11. The van der Waals surface area contributed by atoms with Crippen LogP contribution in [0.15, 0.2) is 0 Å². The maximum atomic E-state index is 11.8. The van der Waals surface area contributed by atoms with Crippen LogP contribution in [0.25, 0.3) is 0 Å². The Balaban J connectivity index is 2.65. The van der Waals surface area contributed by atoms with Gasteiger partial charge in [0.1, 0.15) is 11.5 Å².